The molecule has 0 saturated heterocycles. The van der Waals surface area contributed by atoms with E-state index in [0.29, 0.717) is 0 Å². The summed E-state index contributed by atoms with van der Waals surface area (Å²) in [6.45, 7) is 1.65. The number of aromatic nitrogens is 3. The molecule has 1 amide bonds. The zero-order chi connectivity index (χ0) is 12.8. The molecule has 3 N–H and O–H groups in total. The number of nitrogens with one attached hydrogen (secondary N) is 1. The molecule has 0 fully saturated rings. The highest BCUT2D eigenvalue weighted by Gasteiger charge is 2.02. The summed E-state index contributed by atoms with van der Waals surface area (Å²) in [7, 11) is 0. The molecule has 18 heavy (non-hydrogen) atoms. The summed E-state index contributed by atoms with van der Waals surface area (Å²) in [5.41, 5.74) is 6.28. The van der Waals surface area contributed by atoms with Crippen LogP contribution in [0.25, 0.3) is 0 Å². The highest BCUT2D eigenvalue weighted by molar-refractivity contribution is 5.91. The summed E-state index contributed by atoms with van der Waals surface area (Å²) in [5, 5.41) is 7.33. The van der Waals surface area contributed by atoms with E-state index in [1.54, 1.807) is 24.5 Å². The quantitative estimate of drug-likeness (QED) is 0.740. The second kappa shape index (κ2) is 5.81. The van der Waals surface area contributed by atoms with E-state index in [1.807, 2.05) is 16.9 Å². The van der Waals surface area contributed by atoms with Crippen LogP contribution < -0.4 is 11.1 Å². The van der Waals surface area contributed by atoms with Gasteiger partial charge in [-0.25, -0.2) is 0 Å². The smallest absolute Gasteiger partial charge is 0.267 e. The molecular weight excluding hydrogens is 230 g/mol. The standard InChI is InChI=1S/C12H15N5O/c13-12(18)11-9-10(3-6-15-11)14-4-1-7-17-8-2-5-16-17/h2-3,5-6,8-9H,1,4,7H2,(H2,13,18)(H,14,15). The Balaban J connectivity index is 1.79. The Morgan fingerprint density at radius 2 is 2.33 bits per heavy atom. The molecule has 2 aromatic heterocycles. The van der Waals surface area contributed by atoms with E-state index in [4.69, 9.17) is 5.73 Å². The fourth-order valence-corrected chi connectivity index (χ4v) is 1.58. The van der Waals surface area contributed by atoms with Crippen molar-refractivity contribution in [1.82, 2.24) is 14.8 Å². The average molecular weight is 245 g/mol. The molecule has 0 atom stereocenters. The molecule has 0 saturated carbocycles. The van der Waals surface area contributed by atoms with Crippen molar-refractivity contribution in [3.63, 3.8) is 0 Å². The van der Waals surface area contributed by atoms with Crippen LogP contribution in [0.1, 0.15) is 16.9 Å². The van der Waals surface area contributed by atoms with E-state index in [9.17, 15) is 4.79 Å². The molecule has 0 aromatic carbocycles. The van der Waals surface area contributed by atoms with E-state index in [2.05, 4.69) is 15.4 Å². The van der Waals surface area contributed by atoms with E-state index < -0.39 is 5.91 Å². The topological polar surface area (TPSA) is 85.8 Å². The molecule has 2 rings (SSSR count). The molecule has 0 aliphatic carbocycles. The number of pyridine rings is 1. The molecule has 0 spiro atoms. The third-order valence-corrected chi connectivity index (χ3v) is 2.46. The Labute approximate surface area is 105 Å². The number of aryl methyl sites for hydroxylation is 1. The number of hydrogen-bond donors (Lipinski definition) is 2. The summed E-state index contributed by atoms with van der Waals surface area (Å²) >= 11 is 0. The van der Waals surface area contributed by atoms with Gasteiger partial charge >= 0.3 is 0 Å². The predicted octanol–water partition coefficient (Wildman–Crippen LogP) is 0.879. The van der Waals surface area contributed by atoms with Gasteiger partial charge in [0.1, 0.15) is 5.69 Å². The molecule has 0 aliphatic heterocycles. The molecule has 6 nitrogen and oxygen atoms in total. The number of carbonyl (C=O) groups excluding carboxylic acids is 1. The normalized spacial score (nSPS) is 10.2. The van der Waals surface area contributed by atoms with Gasteiger partial charge in [-0.3, -0.25) is 14.5 Å². The maximum Gasteiger partial charge on any atom is 0.267 e. The predicted molar refractivity (Wildman–Crippen MR) is 68.1 cm³/mol. The monoisotopic (exact) mass is 245 g/mol. The van der Waals surface area contributed by atoms with E-state index in [-0.39, 0.29) is 5.69 Å². The summed E-state index contributed by atoms with van der Waals surface area (Å²) in [4.78, 5) is 14.8. The Hall–Kier alpha value is -2.37. The third kappa shape index (κ3) is 3.31. The first-order valence-electron chi connectivity index (χ1n) is 5.73. The number of primary amides is 1. The van der Waals surface area contributed by atoms with Gasteiger partial charge in [0.15, 0.2) is 0 Å². The van der Waals surface area contributed by atoms with Gasteiger partial charge in [0.2, 0.25) is 0 Å². The molecule has 2 aromatic rings. The van der Waals surface area contributed by atoms with Gasteiger partial charge in [-0.05, 0) is 24.6 Å². The summed E-state index contributed by atoms with van der Waals surface area (Å²) in [6.07, 6.45) is 6.19. The van der Waals surface area contributed by atoms with Crippen LogP contribution in [-0.4, -0.2) is 27.2 Å². The van der Waals surface area contributed by atoms with Crippen LogP contribution in [0.15, 0.2) is 36.8 Å². The largest absolute Gasteiger partial charge is 0.385 e. The Morgan fingerprint density at radius 3 is 3.06 bits per heavy atom. The lowest BCUT2D eigenvalue weighted by atomic mass is 10.3. The molecule has 0 radical (unpaired) electrons. The first-order valence-corrected chi connectivity index (χ1v) is 5.73. The number of amides is 1. The maximum atomic E-state index is 11.0. The summed E-state index contributed by atoms with van der Waals surface area (Å²) in [5.74, 6) is -0.518. The van der Waals surface area contributed by atoms with Crippen LogP contribution >= 0.6 is 0 Å². The molecular formula is C12H15N5O. The van der Waals surface area contributed by atoms with Crippen LogP contribution in [0, 0.1) is 0 Å². The third-order valence-electron chi connectivity index (χ3n) is 2.46. The molecule has 94 valence electrons. The van der Waals surface area contributed by atoms with Crippen LogP contribution in [0.3, 0.4) is 0 Å². The van der Waals surface area contributed by atoms with E-state index in [0.717, 1.165) is 25.2 Å². The average Bonchev–Trinajstić information content (AvgIpc) is 2.88. The molecule has 0 bridgehead atoms. The lowest BCUT2D eigenvalue weighted by Crippen LogP contribution is -2.13. The van der Waals surface area contributed by atoms with Crippen molar-refractivity contribution < 1.29 is 4.79 Å². The van der Waals surface area contributed by atoms with Crippen LogP contribution in [0.5, 0.6) is 0 Å². The number of nitrogens with two attached hydrogens (primary N) is 1. The summed E-state index contributed by atoms with van der Waals surface area (Å²) < 4.78 is 1.88. The zero-order valence-electron chi connectivity index (χ0n) is 9.91. The first-order chi connectivity index (χ1) is 8.75. The number of rotatable bonds is 6. The summed E-state index contributed by atoms with van der Waals surface area (Å²) in [6, 6.07) is 5.35. The van der Waals surface area contributed by atoms with Crippen molar-refractivity contribution >= 4 is 11.6 Å². The van der Waals surface area contributed by atoms with Crippen LogP contribution in [0.2, 0.25) is 0 Å². The van der Waals surface area contributed by atoms with Crippen molar-refractivity contribution in [1.29, 1.82) is 0 Å². The van der Waals surface area contributed by atoms with E-state index in [1.165, 1.54) is 0 Å². The molecule has 6 heteroatoms. The van der Waals surface area contributed by atoms with Gasteiger partial charge in [0, 0.05) is 37.4 Å². The second-order valence-corrected chi connectivity index (χ2v) is 3.84. The zero-order valence-corrected chi connectivity index (χ0v) is 9.91. The lowest BCUT2D eigenvalue weighted by Gasteiger charge is -2.07. The maximum absolute atomic E-state index is 11.0. The van der Waals surface area contributed by atoms with E-state index >= 15 is 0 Å². The molecule has 0 aliphatic rings. The first kappa shape index (κ1) is 12.1. The lowest BCUT2D eigenvalue weighted by molar-refractivity contribution is 0.0995. The number of nitrogens with zero attached hydrogens (tertiary/aromatic N) is 3. The van der Waals surface area contributed by atoms with Crippen LogP contribution in [0.4, 0.5) is 5.69 Å². The van der Waals surface area contributed by atoms with Crippen molar-refractivity contribution in [3.8, 4) is 0 Å². The van der Waals surface area contributed by atoms with Gasteiger partial charge in [-0.2, -0.15) is 5.10 Å². The van der Waals surface area contributed by atoms with Gasteiger partial charge in [0.25, 0.3) is 5.91 Å². The minimum atomic E-state index is -0.518. The van der Waals surface area contributed by atoms with Crippen molar-refractivity contribution in [2.45, 2.75) is 13.0 Å². The van der Waals surface area contributed by atoms with Gasteiger partial charge in [0.05, 0.1) is 0 Å². The Kier molecular flexibility index (Phi) is 3.90. The van der Waals surface area contributed by atoms with Crippen LogP contribution in [-0.2, 0) is 6.54 Å². The van der Waals surface area contributed by atoms with Crippen molar-refractivity contribution in [2.24, 2.45) is 5.73 Å². The highest BCUT2D eigenvalue weighted by atomic mass is 16.1. The SMILES string of the molecule is NC(=O)c1cc(NCCCn2cccn2)ccn1. The number of anilines is 1. The Bertz CT molecular complexity index is 509. The Morgan fingerprint density at radius 1 is 1.44 bits per heavy atom. The fraction of sp³-hybridized carbons (Fsp3) is 0.250. The fourth-order valence-electron chi connectivity index (χ4n) is 1.58. The molecule has 2 heterocycles. The minimum Gasteiger partial charge on any atom is -0.385 e. The van der Waals surface area contributed by atoms with Gasteiger partial charge in [-0.15, -0.1) is 0 Å². The van der Waals surface area contributed by atoms with Gasteiger partial charge in [-0.1, -0.05) is 0 Å². The van der Waals surface area contributed by atoms with Crippen molar-refractivity contribution in [2.75, 3.05) is 11.9 Å². The minimum absolute atomic E-state index is 0.270. The molecule has 0 unspecified atom stereocenters. The second-order valence-electron chi connectivity index (χ2n) is 3.84. The highest BCUT2D eigenvalue weighted by Crippen LogP contribution is 2.07. The number of carbonyl (C=O) groups is 1. The number of hydrogen-bond acceptors (Lipinski definition) is 4. The van der Waals surface area contributed by atoms with Crippen molar-refractivity contribution in [3.05, 3.63) is 42.5 Å². The van der Waals surface area contributed by atoms with Gasteiger partial charge < -0.3 is 11.1 Å².